The third-order valence-electron chi connectivity index (χ3n) is 5.55. The Morgan fingerprint density at radius 2 is 2.06 bits per heavy atom. The van der Waals surface area contributed by atoms with Crippen LogP contribution in [-0.4, -0.2) is 39.6 Å². The van der Waals surface area contributed by atoms with Crippen molar-refractivity contribution in [3.63, 3.8) is 0 Å². The summed E-state index contributed by atoms with van der Waals surface area (Å²) in [6.07, 6.45) is 1.37. The van der Waals surface area contributed by atoms with Crippen LogP contribution in [0.1, 0.15) is 41.1 Å². The Morgan fingerprint density at radius 1 is 1.29 bits per heavy atom. The maximum absolute atomic E-state index is 9.78. The second-order valence-corrected chi connectivity index (χ2v) is 7.77. The molecule has 158 valence electrons. The molecule has 3 aromatic rings. The maximum Gasteiger partial charge on any atom is 0.166 e. The molecule has 3 heterocycles. The van der Waals surface area contributed by atoms with Gasteiger partial charge in [0, 0.05) is 49.6 Å². The van der Waals surface area contributed by atoms with Gasteiger partial charge in [0.15, 0.2) is 11.6 Å². The summed E-state index contributed by atoms with van der Waals surface area (Å²) in [5, 5.41) is 14.4. The van der Waals surface area contributed by atoms with Crippen LogP contribution in [0.25, 0.3) is 11.1 Å². The summed E-state index contributed by atoms with van der Waals surface area (Å²) >= 11 is 0. The van der Waals surface area contributed by atoms with Gasteiger partial charge in [0.05, 0.1) is 12.2 Å². The van der Waals surface area contributed by atoms with E-state index in [9.17, 15) is 5.26 Å². The highest BCUT2D eigenvalue weighted by Gasteiger charge is 2.25. The van der Waals surface area contributed by atoms with Gasteiger partial charge in [0.25, 0.3) is 0 Å². The molecule has 0 spiro atoms. The van der Waals surface area contributed by atoms with Crippen molar-refractivity contribution in [2.24, 2.45) is 12.0 Å². The van der Waals surface area contributed by atoms with Gasteiger partial charge in [-0.3, -0.25) is 9.67 Å². The molecular weight excluding hydrogens is 390 g/mol. The number of anilines is 1. The third-order valence-corrected chi connectivity index (χ3v) is 5.55. The molecule has 0 amide bonds. The zero-order valence-corrected chi connectivity index (χ0v) is 18.3. The third kappa shape index (κ3) is 3.48. The van der Waals surface area contributed by atoms with E-state index in [1.807, 2.05) is 24.9 Å². The number of benzene rings is 1. The number of amidine groups is 1. The fraction of sp³-hybridized carbons (Fsp3) is 0.304. The highest BCUT2D eigenvalue weighted by molar-refractivity contribution is 6.00. The van der Waals surface area contributed by atoms with E-state index >= 15 is 0 Å². The van der Waals surface area contributed by atoms with Crippen molar-refractivity contribution in [3.05, 3.63) is 58.5 Å². The average Bonchev–Trinajstić information content (AvgIpc) is 3.05. The fourth-order valence-corrected chi connectivity index (χ4v) is 4.08. The summed E-state index contributed by atoms with van der Waals surface area (Å²) in [6.45, 7) is 4.51. The van der Waals surface area contributed by atoms with Crippen molar-refractivity contribution >= 4 is 11.7 Å². The Bertz CT molecular complexity index is 1240. The van der Waals surface area contributed by atoms with Gasteiger partial charge >= 0.3 is 0 Å². The number of hydrogen-bond acceptors (Lipinski definition) is 6. The molecule has 31 heavy (non-hydrogen) atoms. The topological polar surface area (TPSA) is 105 Å². The van der Waals surface area contributed by atoms with Gasteiger partial charge in [0.1, 0.15) is 23.7 Å². The summed E-state index contributed by atoms with van der Waals surface area (Å²) in [4.78, 5) is 11.0. The van der Waals surface area contributed by atoms with E-state index < -0.39 is 0 Å². The van der Waals surface area contributed by atoms with Crippen LogP contribution in [-0.2, 0) is 13.6 Å². The Labute approximate surface area is 181 Å². The Balaban J connectivity index is 2.01. The maximum atomic E-state index is 9.78. The lowest BCUT2D eigenvalue weighted by molar-refractivity contribution is 0.227. The first kappa shape index (κ1) is 20.4. The molecule has 0 fully saturated rings. The quantitative estimate of drug-likeness (QED) is 0.604. The van der Waals surface area contributed by atoms with Gasteiger partial charge in [0.2, 0.25) is 0 Å². The zero-order chi connectivity index (χ0) is 22.3. The minimum atomic E-state index is -0.289. The number of ether oxygens (including phenoxy) is 1. The lowest BCUT2D eigenvalue weighted by Crippen LogP contribution is -2.29. The molecule has 8 nitrogen and oxygen atoms in total. The van der Waals surface area contributed by atoms with E-state index in [0.29, 0.717) is 23.8 Å². The average molecular weight is 416 g/mol. The van der Waals surface area contributed by atoms with Crippen molar-refractivity contribution in [2.45, 2.75) is 26.5 Å². The standard InChI is InChI=1S/C23H25N7O/c1-13-6-7-16-17(8-13)14(2)31-20-9-15(11-27-22(20)25)21-18(12-29(4)23(16)26-3)28-30(5)19(21)10-24/h6-9,11,14H,12H2,1-5H3,(H2,25,27)/t14-/m1/s1. The summed E-state index contributed by atoms with van der Waals surface area (Å²) in [5.41, 5.74) is 11.9. The highest BCUT2D eigenvalue weighted by atomic mass is 16.5. The van der Waals surface area contributed by atoms with E-state index in [1.165, 1.54) is 0 Å². The molecule has 4 rings (SSSR count). The van der Waals surface area contributed by atoms with Crippen molar-refractivity contribution in [2.75, 3.05) is 19.8 Å². The lowest BCUT2D eigenvalue weighted by atomic mass is 9.98. The minimum Gasteiger partial charge on any atom is -0.482 e. The van der Waals surface area contributed by atoms with Crippen LogP contribution in [0.4, 0.5) is 5.82 Å². The van der Waals surface area contributed by atoms with Crippen LogP contribution < -0.4 is 10.5 Å². The lowest BCUT2D eigenvalue weighted by Gasteiger charge is -2.26. The second-order valence-electron chi connectivity index (χ2n) is 7.77. The smallest absolute Gasteiger partial charge is 0.166 e. The number of hydrogen-bond donors (Lipinski definition) is 1. The van der Waals surface area contributed by atoms with Crippen molar-refractivity contribution < 1.29 is 4.74 Å². The molecule has 2 N–H and O–H groups in total. The van der Waals surface area contributed by atoms with Crippen LogP contribution >= 0.6 is 0 Å². The number of fused-ring (bicyclic) bond motifs is 5. The van der Waals surface area contributed by atoms with Gasteiger partial charge in [-0.2, -0.15) is 10.4 Å². The van der Waals surface area contributed by atoms with E-state index in [2.05, 4.69) is 46.3 Å². The number of rotatable bonds is 0. The van der Waals surface area contributed by atoms with E-state index in [4.69, 9.17) is 10.5 Å². The Hall–Kier alpha value is -3.86. The normalized spacial score (nSPS) is 17.1. The summed E-state index contributed by atoms with van der Waals surface area (Å²) < 4.78 is 7.89. The van der Waals surface area contributed by atoms with Crippen molar-refractivity contribution in [1.82, 2.24) is 19.7 Å². The first-order valence-corrected chi connectivity index (χ1v) is 10.0. The summed E-state index contributed by atoms with van der Waals surface area (Å²) in [6, 6.07) is 10.3. The number of aryl methyl sites for hydroxylation is 2. The zero-order valence-electron chi connectivity index (χ0n) is 18.3. The van der Waals surface area contributed by atoms with Crippen LogP contribution in [0, 0.1) is 18.3 Å². The fourth-order valence-electron chi connectivity index (χ4n) is 4.08. The second kappa shape index (κ2) is 7.76. The number of aromatic nitrogens is 3. The van der Waals surface area contributed by atoms with Crippen LogP contribution in [0.2, 0.25) is 0 Å². The van der Waals surface area contributed by atoms with Crippen LogP contribution in [0.5, 0.6) is 5.75 Å². The largest absolute Gasteiger partial charge is 0.482 e. The van der Waals surface area contributed by atoms with E-state index in [-0.39, 0.29) is 6.10 Å². The molecule has 0 unspecified atom stereocenters. The van der Waals surface area contributed by atoms with Crippen LogP contribution in [0.3, 0.4) is 0 Å². The molecule has 1 aromatic carbocycles. The SMILES string of the molecule is CN=C1c2ccc(C)cc2[C@@H](C)Oc2cc(cnc2N)-c2c(nn(C)c2C#N)CN1C. The number of nitrogen functional groups attached to an aromatic ring is 1. The van der Waals surface area contributed by atoms with Gasteiger partial charge in [-0.1, -0.05) is 23.8 Å². The number of nitrogens with two attached hydrogens (primary N) is 1. The molecule has 0 saturated carbocycles. The van der Waals surface area contributed by atoms with E-state index in [1.54, 1.807) is 25.0 Å². The molecule has 0 aliphatic carbocycles. The monoisotopic (exact) mass is 415 g/mol. The molecule has 2 bridgehead atoms. The number of aliphatic imine (C=N–C) groups is 1. The molecule has 8 heteroatoms. The molecule has 0 radical (unpaired) electrons. The number of nitriles is 1. The highest BCUT2D eigenvalue weighted by Crippen LogP contribution is 2.35. The Kier molecular flexibility index (Phi) is 5.11. The number of pyridine rings is 1. The summed E-state index contributed by atoms with van der Waals surface area (Å²) in [5.74, 6) is 1.59. The van der Waals surface area contributed by atoms with Gasteiger partial charge in [-0.15, -0.1) is 0 Å². The predicted molar refractivity (Wildman–Crippen MR) is 120 cm³/mol. The van der Waals surface area contributed by atoms with E-state index in [0.717, 1.165) is 39.3 Å². The van der Waals surface area contributed by atoms with Gasteiger partial charge in [-0.05, 0) is 19.9 Å². The molecule has 0 saturated heterocycles. The molecule has 1 aliphatic rings. The van der Waals surface area contributed by atoms with Gasteiger partial charge < -0.3 is 15.4 Å². The first-order chi connectivity index (χ1) is 14.8. The molecular formula is C23H25N7O. The first-order valence-electron chi connectivity index (χ1n) is 10.0. The Morgan fingerprint density at radius 3 is 2.77 bits per heavy atom. The van der Waals surface area contributed by atoms with Gasteiger partial charge in [-0.25, -0.2) is 4.98 Å². The minimum absolute atomic E-state index is 0.289. The molecule has 1 atom stereocenters. The van der Waals surface area contributed by atoms with Crippen molar-refractivity contribution in [3.8, 4) is 22.9 Å². The number of nitrogens with zero attached hydrogens (tertiary/aromatic N) is 6. The predicted octanol–water partition coefficient (Wildman–Crippen LogP) is 3.21. The van der Waals surface area contributed by atoms with Crippen molar-refractivity contribution in [1.29, 1.82) is 5.26 Å². The molecule has 2 aromatic heterocycles. The molecule has 1 aliphatic heterocycles. The summed E-state index contributed by atoms with van der Waals surface area (Å²) in [7, 11) is 5.51. The van der Waals surface area contributed by atoms with Crippen LogP contribution in [0.15, 0.2) is 35.5 Å².